The van der Waals surface area contributed by atoms with Crippen LogP contribution in [0, 0.1) is 10.5 Å². The summed E-state index contributed by atoms with van der Waals surface area (Å²) in [6, 6.07) is 10.1. The molecule has 0 spiro atoms. The fourth-order valence-corrected chi connectivity index (χ4v) is 2.17. The van der Waals surface area contributed by atoms with Crippen LogP contribution in [0.3, 0.4) is 0 Å². The van der Waals surface area contributed by atoms with Crippen LogP contribution in [0.4, 0.5) is 11.5 Å². The molecule has 0 atom stereocenters. The molecule has 2 aromatic rings. The third kappa shape index (κ3) is 2.55. The van der Waals surface area contributed by atoms with Gasteiger partial charge in [-0.15, -0.1) is 0 Å². The normalized spacial score (nSPS) is 10.2. The van der Waals surface area contributed by atoms with Crippen LogP contribution in [0.5, 0.6) is 0 Å². The molecule has 2 nitrogen and oxygen atoms in total. The van der Waals surface area contributed by atoms with Crippen molar-refractivity contribution in [3.63, 3.8) is 0 Å². The summed E-state index contributed by atoms with van der Waals surface area (Å²) in [5.74, 6) is 0.851. The minimum Gasteiger partial charge on any atom is -0.338 e. The highest BCUT2D eigenvalue weighted by molar-refractivity contribution is 14.1. The van der Waals surface area contributed by atoms with Gasteiger partial charge in [0.2, 0.25) is 0 Å². The molecule has 0 radical (unpaired) electrons. The third-order valence-electron chi connectivity index (χ3n) is 2.21. The summed E-state index contributed by atoms with van der Waals surface area (Å²) in [4.78, 5) is 4.31. The summed E-state index contributed by atoms with van der Waals surface area (Å²) < 4.78 is 2.19. The fraction of sp³-hybridized carbons (Fsp3) is 0.0833. The average Bonchev–Trinajstić information content (AvgIpc) is 2.28. The van der Waals surface area contributed by atoms with Crippen LogP contribution >= 0.6 is 38.5 Å². The van der Waals surface area contributed by atoms with Crippen LogP contribution in [0.2, 0.25) is 0 Å². The molecule has 0 bridgehead atoms. The molecule has 0 aliphatic carbocycles. The van der Waals surface area contributed by atoms with E-state index in [0.29, 0.717) is 0 Å². The van der Waals surface area contributed by atoms with E-state index in [1.54, 1.807) is 6.20 Å². The van der Waals surface area contributed by atoms with Gasteiger partial charge in [-0.3, -0.25) is 0 Å². The zero-order valence-corrected chi connectivity index (χ0v) is 12.4. The molecule has 0 amide bonds. The van der Waals surface area contributed by atoms with Gasteiger partial charge in [-0.25, -0.2) is 4.98 Å². The van der Waals surface area contributed by atoms with Gasteiger partial charge in [0.1, 0.15) is 5.82 Å². The lowest BCUT2D eigenvalue weighted by atomic mass is 10.3. The molecule has 0 aliphatic heterocycles. The Bertz CT molecular complexity index is 514. The number of anilines is 2. The third-order valence-corrected chi connectivity index (χ3v) is 4.15. The van der Waals surface area contributed by atoms with Crippen molar-refractivity contribution in [1.29, 1.82) is 0 Å². The molecule has 16 heavy (non-hydrogen) atoms. The maximum atomic E-state index is 4.31. The quantitative estimate of drug-likeness (QED) is 0.766. The van der Waals surface area contributed by atoms with E-state index in [2.05, 4.69) is 54.9 Å². The van der Waals surface area contributed by atoms with Crippen molar-refractivity contribution in [2.75, 3.05) is 5.32 Å². The van der Waals surface area contributed by atoms with Crippen molar-refractivity contribution in [2.45, 2.75) is 6.92 Å². The first kappa shape index (κ1) is 11.9. The Kier molecular flexibility index (Phi) is 3.81. The maximum Gasteiger partial charge on any atom is 0.144 e. The predicted octanol–water partition coefficient (Wildman–Crippen LogP) is 4.50. The zero-order valence-electron chi connectivity index (χ0n) is 8.67. The van der Waals surface area contributed by atoms with Crippen molar-refractivity contribution in [1.82, 2.24) is 4.98 Å². The molecule has 82 valence electrons. The monoisotopic (exact) mass is 388 g/mol. The highest BCUT2D eigenvalue weighted by Crippen LogP contribution is 2.28. The SMILES string of the molecule is Cc1ccnc(Nc2ccccc2I)c1Br. The molecular formula is C12H10BrIN2. The van der Waals surface area contributed by atoms with Gasteiger partial charge in [-0.1, -0.05) is 12.1 Å². The van der Waals surface area contributed by atoms with E-state index in [0.717, 1.165) is 16.0 Å². The first-order valence-electron chi connectivity index (χ1n) is 4.81. The summed E-state index contributed by atoms with van der Waals surface area (Å²) >= 11 is 5.84. The Balaban J connectivity index is 2.35. The molecule has 1 aromatic heterocycles. The highest BCUT2D eigenvalue weighted by atomic mass is 127. The Morgan fingerprint density at radius 2 is 2.00 bits per heavy atom. The Morgan fingerprint density at radius 1 is 1.25 bits per heavy atom. The van der Waals surface area contributed by atoms with Gasteiger partial charge in [0.25, 0.3) is 0 Å². The van der Waals surface area contributed by atoms with Crippen LogP contribution < -0.4 is 5.32 Å². The number of halogens is 2. The summed E-state index contributed by atoms with van der Waals surface area (Å²) in [6.07, 6.45) is 1.80. The van der Waals surface area contributed by atoms with E-state index >= 15 is 0 Å². The molecule has 4 heteroatoms. The van der Waals surface area contributed by atoms with Crippen molar-refractivity contribution in [3.8, 4) is 0 Å². The number of benzene rings is 1. The molecule has 1 N–H and O–H groups in total. The van der Waals surface area contributed by atoms with E-state index in [-0.39, 0.29) is 0 Å². The van der Waals surface area contributed by atoms with E-state index in [4.69, 9.17) is 0 Å². The van der Waals surface area contributed by atoms with Gasteiger partial charge in [-0.2, -0.15) is 0 Å². The molecule has 1 heterocycles. The Labute approximate surface area is 117 Å². The fourth-order valence-electron chi connectivity index (χ4n) is 1.32. The largest absolute Gasteiger partial charge is 0.338 e. The zero-order chi connectivity index (χ0) is 11.5. The lowest BCUT2D eigenvalue weighted by molar-refractivity contribution is 1.25. The number of hydrogen-bond acceptors (Lipinski definition) is 2. The molecule has 1 aromatic carbocycles. The topological polar surface area (TPSA) is 24.9 Å². The van der Waals surface area contributed by atoms with Gasteiger partial charge in [0.15, 0.2) is 0 Å². The molecule has 0 saturated heterocycles. The summed E-state index contributed by atoms with van der Waals surface area (Å²) in [5, 5.41) is 3.32. The molecule has 0 aliphatic rings. The van der Waals surface area contributed by atoms with Crippen LogP contribution in [0.1, 0.15) is 5.56 Å². The average molecular weight is 389 g/mol. The second-order valence-corrected chi connectivity index (χ2v) is 5.35. The van der Waals surface area contributed by atoms with Crippen molar-refractivity contribution >= 4 is 50.0 Å². The van der Waals surface area contributed by atoms with Crippen LogP contribution in [-0.2, 0) is 0 Å². The molecule has 2 rings (SSSR count). The molecule has 0 saturated carbocycles. The van der Waals surface area contributed by atoms with Gasteiger partial charge < -0.3 is 5.32 Å². The number of pyridine rings is 1. The van der Waals surface area contributed by atoms with E-state index in [1.807, 2.05) is 31.2 Å². The lowest BCUT2D eigenvalue weighted by Gasteiger charge is -2.10. The molecular weight excluding hydrogens is 379 g/mol. The lowest BCUT2D eigenvalue weighted by Crippen LogP contribution is -1.97. The summed E-state index contributed by atoms with van der Waals surface area (Å²) in [5.41, 5.74) is 2.24. The Morgan fingerprint density at radius 3 is 2.75 bits per heavy atom. The minimum atomic E-state index is 0.851. The number of aryl methyl sites for hydroxylation is 1. The number of hydrogen-bond donors (Lipinski definition) is 1. The number of nitrogens with zero attached hydrogens (tertiary/aromatic N) is 1. The smallest absolute Gasteiger partial charge is 0.144 e. The van der Waals surface area contributed by atoms with E-state index < -0.39 is 0 Å². The standard InChI is InChI=1S/C12H10BrIN2/c1-8-6-7-15-12(11(8)13)16-10-5-3-2-4-9(10)14/h2-7H,1H3,(H,15,16). The van der Waals surface area contributed by atoms with Crippen molar-refractivity contribution in [3.05, 3.63) is 50.1 Å². The highest BCUT2D eigenvalue weighted by Gasteiger charge is 2.05. The van der Waals surface area contributed by atoms with Crippen molar-refractivity contribution in [2.24, 2.45) is 0 Å². The predicted molar refractivity (Wildman–Crippen MR) is 79.1 cm³/mol. The van der Waals surface area contributed by atoms with Gasteiger partial charge in [-0.05, 0) is 69.2 Å². The van der Waals surface area contributed by atoms with E-state index in [1.165, 1.54) is 9.13 Å². The number of nitrogens with one attached hydrogen (secondary N) is 1. The number of para-hydroxylation sites is 1. The van der Waals surface area contributed by atoms with Crippen LogP contribution in [-0.4, -0.2) is 4.98 Å². The number of rotatable bonds is 2. The van der Waals surface area contributed by atoms with Gasteiger partial charge in [0, 0.05) is 9.77 Å². The summed E-state index contributed by atoms with van der Waals surface area (Å²) in [7, 11) is 0. The first-order chi connectivity index (χ1) is 7.68. The maximum absolute atomic E-state index is 4.31. The number of aromatic nitrogens is 1. The molecule has 0 unspecified atom stereocenters. The molecule has 0 fully saturated rings. The first-order valence-corrected chi connectivity index (χ1v) is 6.68. The van der Waals surface area contributed by atoms with Gasteiger partial charge in [0.05, 0.1) is 10.2 Å². The summed E-state index contributed by atoms with van der Waals surface area (Å²) in [6.45, 7) is 2.05. The van der Waals surface area contributed by atoms with Crippen molar-refractivity contribution < 1.29 is 0 Å². The second kappa shape index (κ2) is 5.14. The Hall–Kier alpha value is -0.620. The van der Waals surface area contributed by atoms with Gasteiger partial charge >= 0.3 is 0 Å². The minimum absolute atomic E-state index is 0.851. The van der Waals surface area contributed by atoms with E-state index in [9.17, 15) is 0 Å². The second-order valence-electron chi connectivity index (χ2n) is 3.40. The van der Waals surface area contributed by atoms with Crippen LogP contribution in [0.15, 0.2) is 41.0 Å². The van der Waals surface area contributed by atoms with Crippen LogP contribution in [0.25, 0.3) is 0 Å².